The first kappa shape index (κ1) is 20.5. The van der Waals surface area contributed by atoms with Crippen molar-refractivity contribution < 1.29 is 0 Å². The van der Waals surface area contributed by atoms with Gasteiger partial charge in [-0.15, -0.1) is 12.4 Å². The topological polar surface area (TPSA) is 101 Å². The van der Waals surface area contributed by atoms with Crippen LogP contribution >= 0.6 is 12.4 Å². The molecule has 6 rings (SSSR count). The van der Waals surface area contributed by atoms with Crippen LogP contribution in [-0.4, -0.2) is 44.0 Å². The second kappa shape index (κ2) is 7.62. The number of nitrogens with zero attached hydrogens (tertiary/aromatic N) is 7. The molecule has 4 aromatic heterocycles. The summed E-state index contributed by atoms with van der Waals surface area (Å²) in [5.74, 6) is 3.16. The van der Waals surface area contributed by atoms with E-state index in [2.05, 4.69) is 39.4 Å². The molecular weight excluding hydrogens is 424 g/mol. The number of anilines is 1. The van der Waals surface area contributed by atoms with Crippen LogP contribution in [0.2, 0.25) is 0 Å². The molecule has 4 aromatic rings. The summed E-state index contributed by atoms with van der Waals surface area (Å²) in [7, 11) is 1.89. The Kier molecular flexibility index (Phi) is 4.88. The molecule has 5 heterocycles. The van der Waals surface area contributed by atoms with E-state index in [-0.39, 0.29) is 12.4 Å². The van der Waals surface area contributed by atoms with Gasteiger partial charge in [0.15, 0.2) is 0 Å². The van der Waals surface area contributed by atoms with Crippen molar-refractivity contribution in [3.8, 4) is 28.3 Å². The lowest BCUT2D eigenvalue weighted by Crippen LogP contribution is -2.26. The zero-order valence-corrected chi connectivity index (χ0v) is 18.4. The number of nitriles is 1. The van der Waals surface area contributed by atoms with Crippen molar-refractivity contribution in [2.75, 3.05) is 24.5 Å². The average molecular weight is 447 g/mol. The standard InChI is InChI=1S/C23H22N8.ClH/c1-29-10-17(9-27-29)15-4-18(23-16(5-24)8-28-31(23)11-15)14-2-3-22(26-7-14)30-12-20-19(6-25)21(20)13-30;/h2-4,7-11,19-21H,6,12-13,25H2,1H3;1H/t19-,20-,21+;. The van der Waals surface area contributed by atoms with E-state index in [4.69, 9.17) is 10.7 Å². The number of aromatic nitrogens is 5. The smallest absolute Gasteiger partial charge is 0.128 e. The maximum Gasteiger partial charge on any atom is 0.128 e. The molecule has 1 saturated heterocycles. The Balaban J connectivity index is 0.00000216. The number of nitrogens with two attached hydrogens (primary N) is 1. The molecule has 1 aliphatic heterocycles. The number of piperidine rings is 1. The van der Waals surface area contributed by atoms with Gasteiger partial charge in [-0.3, -0.25) is 4.68 Å². The molecular formula is C23H23ClN8. The number of aryl methyl sites for hydroxylation is 1. The number of rotatable bonds is 4. The molecule has 1 saturated carbocycles. The molecule has 162 valence electrons. The third-order valence-electron chi connectivity index (χ3n) is 6.80. The van der Waals surface area contributed by atoms with Gasteiger partial charge in [-0.05, 0) is 42.5 Å². The lowest BCUT2D eigenvalue weighted by Gasteiger charge is -2.20. The lowest BCUT2D eigenvalue weighted by atomic mass is 10.0. The Morgan fingerprint density at radius 3 is 2.50 bits per heavy atom. The molecule has 9 heteroatoms. The molecule has 0 aromatic carbocycles. The van der Waals surface area contributed by atoms with Gasteiger partial charge < -0.3 is 10.6 Å². The molecule has 3 atom stereocenters. The van der Waals surface area contributed by atoms with Crippen LogP contribution in [0.25, 0.3) is 27.8 Å². The van der Waals surface area contributed by atoms with Gasteiger partial charge >= 0.3 is 0 Å². The second-order valence-electron chi connectivity index (χ2n) is 8.55. The first-order valence-electron chi connectivity index (χ1n) is 10.5. The minimum atomic E-state index is 0. The SMILES string of the molecule is Cl.Cn1cc(-c2cc(-c3ccc(N4C[C@@H]5[C@@H](CN)[C@@H]5C4)nc3)c3c(C#N)cnn3c2)cn1. The van der Waals surface area contributed by atoms with Crippen molar-refractivity contribution >= 4 is 23.7 Å². The minimum Gasteiger partial charge on any atom is -0.356 e. The molecule has 0 amide bonds. The largest absolute Gasteiger partial charge is 0.356 e. The first-order valence-corrected chi connectivity index (χ1v) is 10.5. The highest BCUT2D eigenvalue weighted by Gasteiger charge is 2.54. The van der Waals surface area contributed by atoms with E-state index in [0.717, 1.165) is 65.1 Å². The maximum atomic E-state index is 9.60. The highest BCUT2D eigenvalue weighted by Crippen LogP contribution is 2.51. The van der Waals surface area contributed by atoms with Crippen LogP contribution in [0, 0.1) is 29.1 Å². The van der Waals surface area contributed by atoms with Gasteiger partial charge in [-0.25, -0.2) is 9.50 Å². The Bertz CT molecular complexity index is 1320. The fourth-order valence-electron chi connectivity index (χ4n) is 5.07. The normalized spacial score (nSPS) is 21.3. The van der Waals surface area contributed by atoms with Crippen molar-refractivity contribution in [1.82, 2.24) is 24.4 Å². The zero-order chi connectivity index (χ0) is 21.1. The summed E-state index contributed by atoms with van der Waals surface area (Å²) < 4.78 is 3.54. The maximum absolute atomic E-state index is 9.60. The van der Waals surface area contributed by atoms with E-state index >= 15 is 0 Å². The summed E-state index contributed by atoms with van der Waals surface area (Å²) in [6.07, 6.45) is 9.24. The molecule has 1 aliphatic carbocycles. The fourth-order valence-corrected chi connectivity index (χ4v) is 5.07. The van der Waals surface area contributed by atoms with Crippen LogP contribution in [0.3, 0.4) is 0 Å². The molecule has 2 aliphatic rings. The molecule has 2 N–H and O–H groups in total. The number of halogens is 1. The second-order valence-corrected chi connectivity index (χ2v) is 8.55. The Morgan fingerprint density at radius 1 is 1.06 bits per heavy atom. The van der Waals surface area contributed by atoms with Crippen LogP contribution in [-0.2, 0) is 7.05 Å². The van der Waals surface area contributed by atoms with Gasteiger partial charge in [0.1, 0.15) is 11.9 Å². The number of fused-ring (bicyclic) bond motifs is 2. The summed E-state index contributed by atoms with van der Waals surface area (Å²) >= 11 is 0. The van der Waals surface area contributed by atoms with Gasteiger partial charge in [0.05, 0.1) is 23.5 Å². The van der Waals surface area contributed by atoms with Gasteiger partial charge in [0.25, 0.3) is 0 Å². The van der Waals surface area contributed by atoms with Crippen LogP contribution < -0.4 is 10.6 Å². The molecule has 8 nitrogen and oxygen atoms in total. The number of pyridine rings is 2. The third kappa shape index (κ3) is 3.13. The number of hydrogen-bond donors (Lipinski definition) is 1. The van der Waals surface area contributed by atoms with Crippen molar-refractivity contribution in [1.29, 1.82) is 5.26 Å². The Labute approximate surface area is 191 Å². The van der Waals surface area contributed by atoms with E-state index < -0.39 is 0 Å². The summed E-state index contributed by atoms with van der Waals surface area (Å²) in [4.78, 5) is 7.12. The summed E-state index contributed by atoms with van der Waals surface area (Å²) in [6.45, 7) is 2.88. The summed E-state index contributed by atoms with van der Waals surface area (Å²) in [5.41, 5.74) is 11.0. The van der Waals surface area contributed by atoms with E-state index in [1.807, 2.05) is 31.8 Å². The summed E-state index contributed by atoms with van der Waals surface area (Å²) in [6, 6.07) is 8.51. The molecule has 32 heavy (non-hydrogen) atoms. The Morgan fingerprint density at radius 2 is 1.88 bits per heavy atom. The van der Waals surface area contributed by atoms with E-state index in [1.54, 1.807) is 15.4 Å². The van der Waals surface area contributed by atoms with Crippen LogP contribution in [0.1, 0.15) is 5.56 Å². The average Bonchev–Trinajstić information content (AvgIpc) is 3.23. The highest BCUT2D eigenvalue weighted by atomic mass is 35.5. The van der Waals surface area contributed by atoms with Crippen molar-refractivity contribution in [2.24, 2.45) is 30.5 Å². The monoisotopic (exact) mass is 446 g/mol. The quantitative estimate of drug-likeness (QED) is 0.517. The predicted octanol–water partition coefficient (Wildman–Crippen LogP) is 2.73. The van der Waals surface area contributed by atoms with Crippen LogP contribution in [0.5, 0.6) is 0 Å². The fraction of sp³-hybridized carbons (Fsp3) is 0.304. The van der Waals surface area contributed by atoms with Gasteiger partial charge in [0.2, 0.25) is 0 Å². The molecule has 2 fully saturated rings. The van der Waals surface area contributed by atoms with Gasteiger partial charge in [0, 0.05) is 61.0 Å². The first-order chi connectivity index (χ1) is 15.2. The van der Waals surface area contributed by atoms with Gasteiger partial charge in [-0.2, -0.15) is 15.5 Å². The van der Waals surface area contributed by atoms with Crippen molar-refractivity contribution in [3.05, 3.63) is 54.7 Å². The Hall–Kier alpha value is -3.41. The highest BCUT2D eigenvalue weighted by molar-refractivity contribution is 5.87. The molecule has 0 bridgehead atoms. The van der Waals surface area contributed by atoms with Crippen molar-refractivity contribution in [3.63, 3.8) is 0 Å². The zero-order valence-electron chi connectivity index (χ0n) is 17.6. The predicted molar refractivity (Wildman–Crippen MR) is 124 cm³/mol. The van der Waals surface area contributed by atoms with E-state index in [0.29, 0.717) is 11.5 Å². The van der Waals surface area contributed by atoms with E-state index in [1.165, 1.54) is 0 Å². The van der Waals surface area contributed by atoms with E-state index in [9.17, 15) is 5.26 Å². The minimum absolute atomic E-state index is 0. The summed E-state index contributed by atoms with van der Waals surface area (Å²) in [5, 5.41) is 18.3. The van der Waals surface area contributed by atoms with Gasteiger partial charge in [-0.1, -0.05) is 0 Å². The molecule has 0 radical (unpaired) electrons. The number of hydrogen-bond acceptors (Lipinski definition) is 6. The molecule has 0 spiro atoms. The van der Waals surface area contributed by atoms with Crippen molar-refractivity contribution in [2.45, 2.75) is 0 Å². The van der Waals surface area contributed by atoms with Crippen LogP contribution in [0.4, 0.5) is 5.82 Å². The lowest BCUT2D eigenvalue weighted by molar-refractivity contribution is 0.644. The third-order valence-corrected chi connectivity index (χ3v) is 6.80. The van der Waals surface area contributed by atoms with Crippen LogP contribution in [0.15, 0.2) is 49.2 Å². The molecule has 0 unspecified atom stereocenters.